The number of benzene rings is 2. The number of halogens is 2. The van der Waals surface area contributed by atoms with Crippen LogP contribution in [-0.2, 0) is 4.79 Å². The lowest BCUT2D eigenvalue weighted by atomic mass is 10.1. The molecule has 128 valence electrons. The highest BCUT2D eigenvalue weighted by atomic mass is 35.5. The molecule has 0 aliphatic carbocycles. The number of hydrogen-bond donors (Lipinski definition) is 1. The zero-order valence-corrected chi connectivity index (χ0v) is 14.3. The van der Waals surface area contributed by atoms with Crippen molar-refractivity contribution in [1.82, 2.24) is 5.32 Å². The first-order chi connectivity index (χ1) is 11.4. The van der Waals surface area contributed by atoms with Gasteiger partial charge in [-0.3, -0.25) is 4.79 Å². The molecule has 0 heterocycles. The minimum absolute atomic E-state index is 0.228. The van der Waals surface area contributed by atoms with E-state index in [4.69, 9.17) is 21.1 Å². The minimum Gasteiger partial charge on any atom is -0.492 e. The molecular weight excluding hydrogens is 333 g/mol. The topological polar surface area (TPSA) is 47.6 Å². The van der Waals surface area contributed by atoms with Gasteiger partial charge in [0.25, 0.3) is 5.91 Å². The molecule has 1 N–H and O–H groups in total. The van der Waals surface area contributed by atoms with Crippen LogP contribution in [0.15, 0.2) is 48.5 Å². The second-order valence-electron chi connectivity index (χ2n) is 5.63. The van der Waals surface area contributed by atoms with Gasteiger partial charge in [0.2, 0.25) is 0 Å². The summed E-state index contributed by atoms with van der Waals surface area (Å²) in [4.78, 5) is 12.2. The normalized spacial score (nSPS) is 11.0. The lowest BCUT2D eigenvalue weighted by molar-refractivity contribution is -0.134. The molecule has 2 rings (SSSR count). The number of carbonyl (C=O) groups excluding carboxylic acids is 1. The maximum Gasteiger partial charge on any atom is 0.263 e. The molecular formula is C18H19ClFNO3. The number of hydrogen-bond acceptors (Lipinski definition) is 3. The van der Waals surface area contributed by atoms with Crippen molar-refractivity contribution in [3.8, 4) is 11.5 Å². The van der Waals surface area contributed by atoms with Gasteiger partial charge in [-0.15, -0.1) is 0 Å². The predicted molar refractivity (Wildman–Crippen MR) is 91.1 cm³/mol. The fourth-order valence-electron chi connectivity index (χ4n) is 1.95. The molecule has 0 radical (unpaired) electrons. The molecule has 0 atom stereocenters. The van der Waals surface area contributed by atoms with Crippen LogP contribution in [0.3, 0.4) is 0 Å². The average Bonchev–Trinajstić information content (AvgIpc) is 2.53. The summed E-state index contributed by atoms with van der Waals surface area (Å²) in [6, 6.07) is 12.6. The van der Waals surface area contributed by atoms with Crippen LogP contribution in [0.25, 0.3) is 0 Å². The molecule has 0 aliphatic rings. The molecule has 4 nitrogen and oxygen atoms in total. The summed E-state index contributed by atoms with van der Waals surface area (Å²) in [6.07, 6.45) is 0. The van der Waals surface area contributed by atoms with E-state index in [0.717, 1.165) is 0 Å². The van der Waals surface area contributed by atoms with Crippen LogP contribution in [-0.4, -0.2) is 24.7 Å². The number of rotatable bonds is 7. The Hall–Kier alpha value is -2.27. The molecule has 24 heavy (non-hydrogen) atoms. The van der Waals surface area contributed by atoms with E-state index in [0.29, 0.717) is 16.5 Å². The van der Waals surface area contributed by atoms with Crippen molar-refractivity contribution >= 4 is 17.5 Å². The third-order valence-electron chi connectivity index (χ3n) is 3.19. The fraction of sp³-hybridized carbons (Fsp3) is 0.278. The first-order valence-corrected chi connectivity index (χ1v) is 7.86. The van der Waals surface area contributed by atoms with Crippen LogP contribution in [0.4, 0.5) is 4.39 Å². The van der Waals surface area contributed by atoms with Gasteiger partial charge in [-0.2, -0.15) is 0 Å². The van der Waals surface area contributed by atoms with Crippen LogP contribution in [0.1, 0.15) is 13.8 Å². The summed E-state index contributed by atoms with van der Waals surface area (Å²) in [5, 5.41) is 3.33. The van der Waals surface area contributed by atoms with Gasteiger partial charge in [-0.1, -0.05) is 17.7 Å². The molecule has 6 heteroatoms. The van der Waals surface area contributed by atoms with Gasteiger partial charge in [0.1, 0.15) is 23.9 Å². The molecule has 0 aliphatic heterocycles. The van der Waals surface area contributed by atoms with E-state index in [1.165, 1.54) is 12.1 Å². The smallest absolute Gasteiger partial charge is 0.263 e. The van der Waals surface area contributed by atoms with E-state index >= 15 is 0 Å². The molecule has 0 unspecified atom stereocenters. The molecule has 0 saturated carbocycles. The number of amides is 1. The Morgan fingerprint density at radius 3 is 2.54 bits per heavy atom. The molecule has 0 fully saturated rings. The van der Waals surface area contributed by atoms with E-state index in [1.54, 1.807) is 50.2 Å². The van der Waals surface area contributed by atoms with Gasteiger partial charge in [-0.05, 0) is 50.2 Å². The van der Waals surface area contributed by atoms with Crippen molar-refractivity contribution in [3.63, 3.8) is 0 Å². The predicted octanol–water partition coefficient (Wildman–Crippen LogP) is 3.83. The van der Waals surface area contributed by atoms with Crippen LogP contribution in [0.2, 0.25) is 5.02 Å². The summed E-state index contributed by atoms with van der Waals surface area (Å²) < 4.78 is 24.1. The van der Waals surface area contributed by atoms with Gasteiger partial charge >= 0.3 is 0 Å². The Morgan fingerprint density at radius 2 is 1.88 bits per heavy atom. The average molecular weight is 352 g/mol. The number of nitrogens with one attached hydrogen (secondary N) is 1. The zero-order chi connectivity index (χ0) is 17.6. The van der Waals surface area contributed by atoms with E-state index in [2.05, 4.69) is 5.32 Å². The Balaban J connectivity index is 1.79. The maximum absolute atomic E-state index is 13.0. The summed E-state index contributed by atoms with van der Waals surface area (Å²) in [5.41, 5.74) is -1.05. The summed E-state index contributed by atoms with van der Waals surface area (Å²) >= 11 is 5.82. The Kier molecular flexibility index (Phi) is 6.04. The Labute approximate surface area is 145 Å². The highest BCUT2D eigenvalue weighted by molar-refractivity contribution is 6.30. The standard InChI is InChI=1S/C18H19ClFNO3/c1-18(2,24-15-8-6-13(19)7-9-15)17(22)21-10-11-23-16-5-3-4-14(20)12-16/h3-9,12H,10-11H2,1-2H3,(H,21,22). The molecule has 1 amide bonds. The van der Waals surface area contributed by atoms with Gasteiger partial charge in [0, 0.05) is 11.1 Å². The largest absolute Gasteiger partial charge is 0.492 e. The van der Waals surface area contributed by atoms with Crippen LogP contribution < -0.4 is 14.8 Å². The van der Waals surface area contributed by atoms with Crippen molar-refractivity contribution in [2.45, 2.75) is 19.4 Å². The third-order valence-corrected chi connectivity index (χ3v) is 3.44. The van der Waals surface area contributed by atoms with E-state index in [-0.39, 0.29) is 24.9 Å². The van der Waals surface area contributed by atoms with Crippen molar-refractivity contribution in [2.75, 3.05) is 13.2 Å². The van der Waals surface area contributed by atoms with Gasteiger partial charge in [0.05, 0.1) is 6.54 Å². The molecule has 0 spiro atoms. The van der Waals surface area contributed by atoms with Gasteiger partial charge < -0.3 is 14.8 Å². The van der Waals surface area contributed by atoms with Crippen molar-refractivity contribution in [2.24, 2.45) is 0 Å². The minimum atomic E-state index is -1.05. The molecule has 0 bridgehead atoms. The lowest BCUT2D eigenvalue weighted by Crippen LogP contribution is -2.47. The first-order valence-electron chi connectivity index (χ1n) is 7.48. The second-order valence-corrected chi connectivity index (χ2v) is 6.06. The highest BCUT2D eigenvalue weighted by Gasteiger charge is 2.29. The maximum atomic E-state index is 13.0. The summed E-state index contributed by atoms with van der Waals surface area (Å²) in [6.45, 7) is 3.85. The summed E-state index contributed by atoms with van der Waals surface area (Å²) in [5.74, 6) is 0.325. The Morgan fingerprint density at radius 1 is 1.17 bits per heavy atom. The van der Waals surface area contributed by atoms with Gasteiger partial charge in [0.15, 0.2) is 5.60 Å². The van der Waals surface area contributed by atoms with E-state index in [9.17, 15) is 9.18 Å². The zero-order valence-electron chi connectivity index (χ0n) is 13.5. The monoisotopic (exact) mass is 351 g/mol. The third kappa shape index (κ3) is 5.42. The van der Waals surface area contributed by atoms with Crippen LogP contribution >= 0.6 is 11.6 Å². The number of carbonyl (C=O) groups is 1. The SMILES string of the molecule is CC(C)(Oc1ccc(Cl)cc1)C(=O)NCCOc1cccc(F)c1. The van der Waals surface area contributed by atoms with Crippen molar-refractivity contribution in [3.05, 3.63) is 59.4 Å². The lowest BCUT2D eigenvalue weighted by Gasteiger charge is -2.25. The van der Waals surface area contributed by atoms with Crippen LogP contribution in [0, 0.1) is 5.82 Å². The Bertz CT molecular complexity index is 689. The fourth-order valence-corrected chi connectivity index (χ4v) is 2.07. The molecule has 0 saturated heterocycles. The molecule has 2 aromatic rings. The highest BCUT2D eigenvalue weighted by Crippen LogP contribution is 2.21. The quantitative estimate of drug-likeness (QED) is 0.771. The second kappa shape index (κ2) is 8.02. The van der Waals surface area contributed by atoms with Gasteiger partial charge in [-0.25, -0.2) is 4.39 Å². The van der Waals surface area contributed by atoms with Crippen LogP contribution in [0.5, 0.6) is 11.5 Å². The number of ether oxygens (including phenoxy) is 2. The summed E-state index contributed by atoms with van der Waals surface area (Å²) in [7, 11) is 0. The molecule has 0 aromatic heterocycles. The van der Waals surface area contributed by atoms with E-state index < -0.39 is 5.60 Å². The first kappa shape index (κ1) is 18.1. The van der Waals surface area contributed by atoms with Crippen molar-refractivity contribution < 1.29 is 18.7 Å². The van der Waals surface area contributed by atoms with Crippen molar-refractivity contribution in [1.29, 1.82) is 0 Å². The van der Waals surface area contributed by atoms with E-state index in [1.807, 2.05) is 0 Å². The molecule has 2 aromatic carbocycles.